The highest BCUT2D eigenvalue weighted by molar-refractivity contribution is 5.89. The van der Waals surface area contributed by atoms with E-state index in [4.69, 9.17) is 0 Å². The zero-order valence-electron chi connectivity index (χ0n) is 12.4. The molecule has 0 spiro atoms. The summed E-state index contributed by atoms with van der Waals surface area (Å²) in [5, 5.41) is 12.3. The third kappa shape index (κ3) is 3.82. The van der Waals surface area contributed by atoms with E-state index >= 15 is 0 Å². The number of imidazole rings is 1. The number of urea groups is 1. The van der Waals surface area contributed by atoms with Crippen LogP contribution in [-0.4, -0.2) is 32.6 Å². The van der Waals surface area contributed by atoms with Crippen LogP contribution >= 0.6 is 0 Å². The van der Waals surface area contributed by atoms with Gasteiger partial charge in [-0.1, -0.05) is 12.1 Å². The molecule has 0 aliphatic rings. The molecule has 0 bridgehead atoms. The molecule has 2 rings (SSSR count). The molecule has 0 radical (unpaired) electrons. The van der Waals surface area contributed by atoms with Crippen LogP contribution < -0.4 is 5.32 Å². The van der Waals surface area contributed by atoms with Crippen molar-refractivity contribution in [3.63, 3.8) is 0 Å². The van der Waals surface area contributed by atoms with Crippen molar-refractivity contribution < 1.29 is 9.90 Å². The molecular weight excluding hydrogens is 268 g/mol. The summed E-state index contributed by atoms with van der Waals surface area (Å²) in [5.41, 5.74) is 1.51. The van der Waals surface area contributed by atoms with Crippen molar-refractivity contribution in [1.82, 2.24) is 14.5 Å². The Balaban J connectivity index is 1.95. The van der Waals surface area contributed by atoms with Gasteiger partial charge in [0.25, 0.3) is 0 Å². The smallest absolute Gasteiger partial charge is 0.321 e. The lowest BCUT2D eigenvalue weighted by Crippen LogP contribution is -2.31. The SMILES string of the molecule is CC(O)c1ccc(NC(=O)N(C)Cc2nccn2C)cc1. The summed E-state index contributed by atoms with van der Waals surface area (Å²) in [6.07, 6.45) is 3.03. The van der Waals surface area contributed by atoms with Crippen molar-refractivity contribution in [3.05, 3.63) is 48.0 Å². The minimum atomic E-state index is -0.513. The van der Waals surface area contributed by atoms with E-state index in [1.54, 1.807) is 49.3 Å². The Morgan fingerprint density at radius 1 is 1.43 bits per heavy atom. The van der Waals surface area contributed by atoms with E-state index in [0.717, 1.165) is 11.4 Å². The zero-order chi connectivity index (χ0) is 15.4. The Bertz CT molecular complexity index is 604. The molecule has 2 N–H and O–H groups in total. The Morgan fingerprint density at radius 3 is 2.62 bits per heavy atom. The first-order valence-corrected chi connectivity index (χ1v) is 6.73. The highest BCUT2D eigenvalue weighted by Gasteiger charge is 2.11. The van der Waals surface area contributed by atoms with E-state index in [2.05, 4.69) is 10.3 Å². The van der Waals surface area contributed by atoms with Crippen LogP contribution in [0.4, 0.5) is 10.5 Å². The van der Waals surface area contributed by atoms with Gasteiger partial charge in [0.2, 0.25) is 0 Å². The standard InChI is InChI=1S/C15H20N4O2/c1-11(20)12-4-6-13(7-5-12)17-15(21)19(3)10-14-16-8-9-18(14)2/h4-9,11,20H,10H2,1-3H3,(H,17,21). The van der Waals surface area contributed by atoms with Gasteiger partial charge in [-0.2, -0.15) is 0 Å². The first kappa shape index (κ1) is 15.1. The molecule has 21 heavy (non-hydrogen) atoms. The second-order valence-corrected chi connectivity index (χ2v) is 5.04. The molecule has 6 nitrogen and oxygen atoms in total. The number of anilines is 1. The summed E-state index contributed by atoms with van der Waals surface area (Å²) in [7, 11) is 3.61. The number of aliphatic hydroxyl groups excluding tert-OH is 1. The summed E-state index contributed by atoms with van der Waals surface area (Å²) in [4.78, 5) is 17.8. The van der Waals surface area contributed by atoms with Gasteiger partial charge in [-0.3, -0.25) is 0 Å². The molecule has 1 aromatic heterocycles. The van der Waals surface area contributed by atoms with Gasteiger partial charge in [-0.25, -0.2) is 9.78 Å². The van der Waals surface area contributed by atoms with Gasteiger partial charge >= 0.3 is 6.03 Å². The molecular formula is C15H20N4O2. The number of hydrogen-bond donors (Lipinski definition) is 2. The minimum absolute atomic E-state index is 0.206. The number of amides is 2. The van der Waals surface area contributed by atoms with Crippen LogP contribution in [0.15, 0.2) is 36.7 Å². The quantitative estimate of drug-likeness (QED) is 0.905. The Labute approximate surface area is 124 Å². The number of rotatable bonds is 4. The normalized spacial score (nSPS) is 12.0. The lowest BCUT2D eigenvalue weighted by atomic mass is 10.1. The van der Waals surface area contributed by atoms with Gasteiger partial charge in [0.1, 0.15) is 5.82 Å². The molecule has 1 unspecified atom stereocenters. The Morgan fingerprint density at radius 2 is 2.10 bits per heavy atom. The number of benzene rings is 1. The number of hydrogen-bond acceptors (Lipinski definition) is 3. The molecule has 2 amide bonds. The molecule has 0 fully saturated rings. The van der Waals surface area contributed by atoms with E-state index in [-0.39, 0.29) is 6.03 Å². The third-order valence-electron chi connectivity index (χ3n) is 3.29. The lowest BCUT2D eigenvalue weighted by Gasteiger charge is -2.18. The Kier molecular flexibility index (Phi) is 4.59. The molecule has 0 aliphatic heterocycles. The maximum Gasteiger partial charge on any atom is 0.321 e. The van der Waals surface area contributed by atoms with Crippen molar-refractivity contribution in [2.75, 3.05) is 12.4 Å². The van der Waals surface area contributed by atoms with E-state index in [1.165, 1.54) is 0 Å². The molecule has 1 aromatic carbocycles. The van der Waals surface area contributed by atoms with Crippen molar-refractivity contribution in [3.8, 4) is 0 Å². The largest absolute Gasteiger partial charge is 0.389 e. The number of nitrogens with zero attached hydrogens (tertiary/aromatic N) is 3. The Hall–Kier alpha value is -2.34. The first-order chi connectivity index (χ1) is 9.97. The summed E-state index contributed by atoms with van der Waals surface area (Å²) in [6, 6.07) is 6.92. The predicted molar refractivity (Wildman–Crippen MR) is 80.8 cm³/mol. The van der Waals surface area contributed by atoms with Crippen molar-refractivity contribution in [2.24, 2.45) is 7.05 Å². The summed E-state index contributed by atoms with van der Waals surface area (Å²) in [5.74, 6) is 0.817. The number of aromatic nitrogens is 2. The third-order valence-corrected chi connectivity index (χ3v) is 3.29. The summed E-state index contributed by atoms with van der Waals surface area (Å²) in [6.45, 7) is 2.13. The molecule has 0 saturated heterocycles. The van der Waals surface area contributed by atoms with E-state index in [0.29, 0.717) is 12.2 Å². The van der Waals surface area contributed by atoms with Crippen molar-refractivity contribution in [2.45, 2.75) is 19.6 Å². The van der Waals surface area contributed by atoms with Crippen LogP contribution in [0.5, 0.6) is 0 Å². The van der Waals surface area contributed by atoms with Crippen LogP contribution in [0.1, 0.15) is 24.4 Å². The van der Waals surface area contributed by atoms with E-state index < -0.39 is 6.10 Å². The first-order valence-electron chi connectivity index (χ1n) is 6.73. The zero-order valence-corrected chi connectivity index (χ0v) is 12.4. The van der Waals surface area contributed by atoms with Gasteiger partial charge in [0, 0.05) is 32.2 Å². The van der Waals surface area contributed by atoms with Crippen LogP contribution in [0.25, 0.3) is 0 Å². The summed E-state index contributed by atoms with van der Waals surface area (Å²) >= 11 is 0. The van der Waals surface area contributed by atoms with Crippen molar-refractivity contribution in [1.29, 1.82) is 0 Å². The maximum atomic E-state index is 12.1. The molecule has 1 heterocycles. The number of nitrogens with one attached hydrogen (secondary N) is 1. The van der Waals surface area contributed by atoms with Gasteiger partial charge in [-0.05, 0) is 24.6 Å². The second kappa shape index (κ2) is 6.41. The molecule has 2 aromatic rings. The van der Waals surface area contributed by atoms with Gasteiger partial charge in [0.05, 0.1) is 12.6 Å². The number of carbonyl (C=O) groups excluding carboxylic acids is 1. The molecule has 112 valence electrons. The number of carbonyl (C=O) groups is 1. The van der Waals surface area contributed by atoms with E-state index in [1.807, 2.05) is 17.8 Å². The minimum Gasteiger partial charge on any atom is -0.389 e. The van der Waals surface area contributed by atoms with Gasteiger partial charge in [0.15, 0.2) is 0 Å². The topological polar surface area (TPSA) is 70.4 Å². The number of aliphatic hydroxyl groups is 1. The highest BCUT2D eigenvalue weighted by Crippen LogP contribution is 2.16. The van der Waals surface area contributed by atoms with E-state index in [9.17, 15) is 9.90 Å². The lowest BCUT2D eigenvalue weighted by molar-refractivity contribution is 0.199. The van der Waals surface area contributed by atoms with Crippen molar-refractivity contribution >= 4 is 11.7 Å². The van der Waals surface area contributed by atoms with Gasteiger partial charge in [-0.15, -0.1) is 0 Å². The van der Waals surface area contributed by atoms with Crippen LogP contribution in [0, 0.1) is 0 Å². The average Bonchev–Trinajstić information content (AvgIpc) is 2.84. The molecule has 1 atom stereocenters. The fourth-order valence-corrected chi connectivity index (χ4v) is 1.90. The average molecular weight is 288 g/mol. The number of aryl methyl sites for hydroxylation is 1. The van der Waals surface area contributed by atoms with Crippen LogP contribution in [0.3, 0.4) is 0 Å². The fraction of sp³-hybridized carbons (Fsp3) is 0.333. The monoisotopic (exact) mass is 288 g/mol. The molecule has 0 aliphatic carbocycles. The molecule has 0 saturated carbocycles. The maximum absolute atomic E-state index is 12.1. The predicted octanol–water partition coefficient (Wildman–Crippen LogP) is 2.14. The fourth-order valence-electron chi connectivity index (χ4n) is 1.90. The van der Waals surface area contributed by atoms with Crippen LogP contribution in [-0.2, 0) is 13.6 Å². The van der Waals surface area contributed by atoms with Crippen LogP contribution in [0.2, 0.25) is 0 Å². The van der Waals surface area contributed by atoms with Gasteiger partial charge < -0.3 is 19.9 Å². The second-order valence-electron chi connectivity index (χ2n) is 5.04. The molecule has 6 heteroatoms. The summed E-state index contributed by atoms with van der Waals surface area (Å²) < 4.78 is 1.88. The highest BCUT2D eigenvalue weighted by atomic mass is 16.3.